The standard InChI is InChI=1S/C17H18ClFN2O/c1-3-12-5-4-6-14(9-12)20-11(2)17(22)21-16-8-7-13(19)10-15(16)18/h4-11,20H,3H2,1-2H3,(H,21,22)/t11-/m0/s1. The van der Waals surface area contributed by atoms with Crippen molar-refractivity contribution >= 4 is 28.9 Å². The summed E-state index contributed by atoms with van der Waals surface area (Å²) in [5.74, 6) is -0.680. The van der Waals surface area contributed by atoms with Gasteiger partial charge < -0.3 is 10.6 Å². The first-order valence-electron chi connectivity index (χ1n) is 7.11. The molecule has 0 radical (unpaired) electrons. The molecule has 1 amide bonds. The molecule has 0 fully saturated rings. The van der Waals surface area contributed by atoms with Crippen LogP contribution in [0.25, 0.3) is 0 Å². The minimum absolute atomic E-state index is 0.175. The summed E-state index contributed by atoms with van der Waals surface area (Å²) in [6.45, 7) is 3.83. The van der Waals surface area contributed by atoms with Gasteiger partial charge in [-0.15, -0.1) is 0 Å². The number of rotatable bonds is 5. The fourth-order valence-electron chi connectivity index (χ4n) is 2.03. The quantitative estimate of drug-likeness (QED) is 0.852. The first-order valence-corrected chi connectivity index (χ1v) is 7.48. The molecule has 0 bridgehead atoms. The molecule has 0 saturated heterocycles. The van der Waals surface area contributed by atoms with E-state index in [0.29, 0.717) is 5.69 Å². The Balaban J connectivity index is 2.02. The molecule has 0 aliphatic rings. The van der Waals surface area contributed by atoms with E-state index in [-0.39, 0.29) is 10.9 Å². The molecule has 0 aliphatic heterocycles. The van der Waals surface area contributed by atoms with E-state index in [1.54, 1.807) is 6.92 Å². The van der Waals surface area contributed by atoms with Crippen molar-refractivity contribution in [2.75, 3.05) is 10.6 Å². The number of aryl methyl sites for hydroxylation is 1. The Bertz CT molecular complexity index is 675. The second-order valence-electron chi connectivity index (χ2n) is 5.03. The molecule has 0 aromatic heterocycles. The Morgan fingerprint density at radius 2 is 2.05 bits per heavy atom. The third kappa shape index (κ3) is 4.21. The van der Waals surface area contributed by atoms with Crippen molar-refractivity contribution in [1.82, 2.24) is 0 Å². The Labute approximate surface area is 134 Å². The summed E-state index contributed by atoms with van der Waals surface area (Å²) in [5, 5.41) is 6.00. The average Bonchev–Trinajstić information content (AvgIpc) is 2.50. The van der Waals surface area contributed by atoms with Crippen LogP contribution >= 0.6 is 11.6 Å². The lowest BCUT2D eigenvalue weighted by molar-refractivity contribution is -0.116. The molecule has 22 heavy (non-hydrogen) atoms. The predicted octanol–water partition coefficient (Wildman–Crippen LogP) is 4.48. The van der Waals surface area contributed by atoms with Crippen molar-refractivity contribution in [1.29, 1.82) is 0 Å². The monoisotopic (exact) mass is 320 g/mol. The van der Waals surface area contributed by atoms with E-state index < -0.39 is 11.9 Å². The molecular weight excluding hydrogens is 303 g/mol. The van der Waals surface area contributed by atoms with E-state index in [0.717, 1.165) is 12.1 Å². The summed E-state index contributed by atoms with van der Waals surface area (Å²) in [6, 6.07) is 11.3. The predicted molar refractivity (Wildman–Crippen MR) is 88.9 cm³/mol. The number of benzene rings is 2. The van der Waals surface area contributed by atoms with Gasteiger partial charge in [-0.05, 0) is 49.2 Å². The van der Waals surface area contributed by atoms with Crippen LogP contribution in [0.4, 0.5) is 15.8 Å². The van der Waals surface area contributed by atoms with Gasteiger partial charge in [-0.25, -0.2) is 4.39 Å². The number of anilines is 2. The lowest BCUT2D eigenvalue weighted by Crippen LogP contribution is -2.32. The summed E-state index contributed by atoms with van der Waals surface area (Å²) in [7, 11) is 0. The van der Waals surface area contributed by atoms with Crippen LogP contribution in [-0.4, -0.2) is 11.9 Å². The van der Waals surface area contributed by atoms with Crippen molar-refractivity contribution in [3.63, 3.8) is 0 Å². The molecule has 2 rings (SSSR count). The second-order valence-corrected chi connectivity index (χ2v) is 5.44. The molecule has 0 unspecified atom stereocenters. The minimum atomic E-state index is -0.451. The SMILES string of the molecule is CCc1cccc(N[C@@H](C)C(=O)Nc2ccc(F)cc2Cl)c1. The van der Waals surface area contributed by atoms with Gasteiger partial charge in [0.15, 0.2) is 0 Å². The van der Waals surface area contributed by atoms with Crippen LogP contribution in [0, 0.1) is 5.82 Å². The highest BCUT2D eigenvalue weighted by Gasteiger charge is 2.14. The van der Waals surface area contributed by atoms with Crippen LogP contribution in [0.2, 0.25) is 5.02 Å². The molecule has 2 aromatic carbocycles. The van der Waals surface area contributed by atoms with Gasteiger partial charge in [0.25, 0.3) is 0 Å². The topological polar surface area (TPSA) is 41.1 Å². The number of carbonyl (C=O) groups excluding carboxylic acids is 1. The number of hydrogen-bond acceptors (Lipinski definition) is 2. The number of hydrogen-bond donors (Lipinski definition) is 2. The lowest BCUT2D eigenvalue weighted by Gasteiger charge is -2.16. The smallest absolute Gasteiger partial charge is 0.246 e. The van der Waals surface area contributed by atoms with Crippen LogP contribution < -0.4 is 10.6 Å². The summed E-state index contributed by atoms with van der Waals surface area (Å²) in [6.07, 6.45) is 0.932. The molecule has 0 spiro atoms. The number of amides is 1. The van der Waals surface area contributed by atoms with E-state index in [1.807, 2.05) is 24.3 Å². The Morgan fingerprint density at radius 1 is 1.27 bits per heavy atom. The van der Waals surface area contributed by atoms with Crippen molar-refractivity contribution in [3.8, 4) is 0 Å². The third-order valence-corrected chi connectivity index (χ3v) is 3.61. The fraction of sp³-hybridized carbons (Fsp3) is 0.235. The third-order valence-electron chi connectivity index (χ3n) is 3.30. The van der Waals surface area contributed by atoms with Crippen molar-refractivity contribution < 1.29 is 9.18 Å². The van der Waals surface area contributed by atoms with Crippen LogP contribution in [0.3, 0.4) is 0 Å². The van der Waals surface area contributed by atoms with Crippen molar-refractivity contribution in [2.24, 2.45) is 0 Å². The molecule has 5 heteroatoms. The maximum atomic E-state index is 13.0. The minimum Gasteiger partial charge on any atom is -0.374 e. The van der Waals surface area contributed by atoms with E-state index >= 15 is 0 Å². The Hall–Kier alpha value is -2.07. The molecule has 0 aliphatic carbocycles. The highest BCUT2D eigenvalue weighted by Crippen LogP contribution is 2.22. The highest BCUT2D eigenvalue weighted by atomic mass is 35.5. The number of carbonyl (C=O) groups is 1. The van der Waals surface area contributed by atoms with Gasteiger partial charge in [0, 0.05) is 5.69 Å². The molecule has 2 aromatic rings. The fourth-order valence-corrected chi connectivity index (χ4v) is 2.24. The highest BCUT2D eigenvalue weighted by molar-refractivity contribution is 6.33. The normalized spacial score (nSPS) is 11.8. The van der Waals surface area contributed by atoms with Gasteiger partial charge in [0.05, 0.1) is 10.7 Å². The number of nitrogens with one attached hydrogen (secondary N) is 2. The van der Waals surface area contributed by atoms with Crippen molar-refractivity contribution in [2.45, 2.75) is 26.3 Å². The van der Waals surface area contributed by atoms with E-state index in [2.05, 4.69) is 17.6 Å². The van der Waals surface area contributed by atoms with Crippen LogP contribution in [0.15, 0.2) is 42.5 Å². The van der Waals surface area contributed by atoms with E-state index in [4.69, 9.17) is 11.6 Å². The Kier molecular flexibility index (Phi) is 5.39. The van der Waals surface area contributed by atoms with E-state index in [1.165, 1.54) is 23.8 Å². The summed E-state index contributed by atoms with van der Waals surface area (Å²) in [4.78, 5) is 12.2. The Morgan fingerprint density at radius 3 is 2.73 bits per heavy atom. The summed E-state index contributed by atoms with van der Waals surface area (Å²) < 4.78 is 13.0. The molecule has 1 atom stereocenters. The molecule has 2 N–H and O–H groups in total. The molecule has 3 nitrogen and oxygen atoms in total. The first-order chi connectivity index (χ1) is 10.5. The maximum absolute atomic E-state index is 13.0. The van der Waals surface area contributed by atoms with Gasteiger partial charge in [-0.2, -0.15) is 0 Å². The average molecular weight is 321 g/mol. The van der Waals surface area contributed by atoms with Gasteiger partial charge in [-0.1, -0.05) is 30.7 Å². The molecule has 0 saturated carbocycles. The van der Waals surface area contributed by atoms with Gasteiger partial charge in [0.2, 0.25) is 5.91 Å². The van der Waals surface area contributed by atoms with Crippen molar-refractivity contribution in [3.05, 3.63) is 58.9 Å². The van der Waals surface area contributed by atoms with Gasteiger partial charge >= 0.3 is 0 Å². The zero-order chi connectivity index (χ0) is 16.1. The van der Waals surface area contributed by atoms with Gasteiger partial charge in [-0.3, -0.25) is 4.79 Å². The summed E-state index contributed by atoms with van der Waals surface area (Å²) in [5.41, 5.74) is 2.47. The zero-order valence-electron chi connectivity index (χ0n) is 12.5. The first kappa shape index (κ1) is 16.3. The van der Waals surface area contributed by atoms with Crippen LogP contribution in [-0.2, 0) is 11.2 Å². The van der Waals surface area contributed by atoms with Crippen LogP contribution in [0.1, 0.15) is 19.4 Å². The maximum Gasteiger partial charge on any atom is 0.246 e. The van der Waals surface area contributed by atoms with Crippen LogP contribution in [0.5, 0.6) is 0 Å². The van der Waals surface area contributed by atoms with Gasteiger partial charge in [0.1, 0.15) is 11.9 Å². The second kappa shape index (κ2) is 7.27. The molecule has 116 valence electrons. The van der Waals surface area contributed by atoms with E-state index in [9.17, 15) is 9.18 Å². The zero-order valence-corrected chi connectivity index (χ0v) is 13.2. The largest absolute Gasteiger partial charge is 0.374 e. The molecule has 0 heterocycles. The summed E-state index contributed by atoms with van der Waals surface area (Å²) >= 11 is 5.90. The molecular formula is C17H18ClFN2O. The lowest BCUT2D eigenvalue weighted by atomic mass is 10.1. The number of halogens is 2.